The van der Waals surface area contributed by atoms with Gasteiger partial charge in [0, 0.05) is 33.7 Å². The molecule has 0 bridgehead atoms. The van der Waals surface area contributed by atoms with Gasteiger partial charge in [-0.1, -0.05) is 59.9 Å². The third-order valence-corrected chi connectivity index (χ3v) is 14.1. The maximum absolute atomic E-state index is 10.8. The van der Waals surface area contributed by atoms with Crippen LogP contribution in [0.3, 0.4) is 0 Å². The normalized spacial score (nSPS) is 11.1. The second-order valence-electron chi connectivity index (χ2n) is 14.0. The number of thiophene rings is 2. The Morgan fingerprint density at radius 2 is 0.983 bits per heavy atom. The number of aliphatic carboxylic acids is 2. The van der Waals surface area contributed by atoms with Gasteiger partial charge < -0.3 is 19.3 Å². The van der Waals surface area contributed by atoms with Gasteiger partial charge in [-0.25, -0.2) is 9.97 Å². The van der Waals surface area contributed by atoms with Crippen molar-refractivity contribution >= 4 is 125 Å². The summed E-state index contributed by atoms with van der Waals surface area (Å²) in [5, 5.41) is 26.7. The van der Waals surface area contributed by atoms with Gasteiger partial charge in [0.15, 0.2) is 10.3 Å². The number of thioether (sulfide) groups is 2. The Labute approximate surface area is 366 Å². The Morgan fingerprint density at radius 3 is 1.38 bits per heavy atom. The van der Waals surface area contributed by atoms with Gasteiger partial charge in [-0.3, -0.25) is 9.59 Å². The molecule has 0 atom stereocenters. The number of aromatic nitrogens is 4. The molecule has 4 heterocycles. The van der Waals surface area contributed by atoms with Crippen LogP contribution in [0.4, 0.5) is 0 Å². The molecule has 0 aliphatic heterocycles. The maximum atomic E-state index is 10.8. The van der Waals surface area contributed by atoms with Crippen molar-refractivity contribution in [3.05, 3.63) is 117 Å². The van der Waals surface area contributed by atoms with Crippen LogP contribution in [-0.2, 0) is 22.7 Å². The van der Waals surface area contributed by atoms with Gasteiger partial charge in [0.2, 0.25) is 0 Å². The number of hydrogen-bond donors (Lipinski definition) is 2. The predicted octanol–water partition coefficient (Wildman–Crippen LogP) is 12.6. The van der Waals surface area contributed by atoms with Crippen LogP contribution in [0.5, 0.6) is 0 Å². The highest BCUT2D eigenvalue weighted by molar-refractivity contribution is 7.99. The molecule has 14 heteroatoms. The summed E-state index contributed by atoms with van der Waals surface area (Å²) >= 11 is 6.83. The second-order valence-corrected chi connectivity index (χ2v) is 18.0. The third-order valence-electron chi connectivity index (χ3n) is 9.97. The molecule has 0 radical (unpaired) electrons. The van der Waals surface area contributed by atoms with Crippen LogP contribution in [0.1, 0.15) is 59.1 Å². The lowest BCUT2D eigenvalue weighted by atomic mass is 10.1. The van der Waals surface area contributed by atoms with Crippen molar-refractivity contribution in [2.45, 2.75) is 76.8 Å². The number of fused-ring (bicyclic) bond motifs is 4. The number of carbonyl (C=O) groups is 2. The van der Waals surface area contributed by atoms with E-state index in [9.17, 15) is 9.59 Å². The quantitative estimate of drug-likeness (QED) is 0.0820. The third kappa shape index (κ3) is 10.4. The van der Waals surface area contributed by atoms with Crippen LogP contribution in [0.15, 0.2) is 93.9 Å². The summed E-state index contributed by atoms with van der Waals surface area (Å²) in [5.74, 6) is 0.00541. The smallest absolute Gasteiger partial charge is 0.303 e. The number of halogens is 2. The highest BCUT2D eigenvalue weighted by Crippen LogP contribution is 2.33. The van der Waals surface area contributed by atoms with Crippen LogP contribution in [0.25, 0.3) is 42.2 Å². The highest BCUT2D eigenvalue weighted by atomic mass is 35.5. The van der Waals surface area contributed by atoms with Crippen LogP contribution in [0, 0.1) is 27.7 Å². The molecule has 0 unspecified atom stereocenters. The zero-order valence-electron chi connectivity index (χ0n) is 32.7. The molecular weight excluding hydrogens is 848 g/mol. The molecule has 4 aromatic heterocycles. The molecule has 0 aliphatic rings. The van der Waals surface area contributed by atoms with E-state index in [1.807, 2.05) is 0 Å². The van der Waals surface area contributed by atoms with Crippen LogP contribution in [-0.4, -0.2) is 52.8 Å². The van der Waals surface area contributed by atoms with Crippen molar-refractivity contribution in [3.63, 3.8) is 0 Å². The summed E-state index contributed by atoms with van der Waals surface area (Å²) < 4.78 is 7.15. The Kier molecular flexibility index (Phi) is 15.8. The molecule has 304 valence electrons. The van der Waals surface area contributed by atoms with Crippen LogP contribution >= 0.6 is 71.0 Å². The van der Waals surface area contributed by atoms with Gasteiger partial charge in [-0.2, -0.15) is 0 Å². The summed E-state index contributed by atoms with van der Waals surface area (Å²) in [7, 11) is 0. The average Bonchev–Trinajstić information content (AvgIpc) is 3.94. The summed E-state index contributed by atoms with van der Waals surface area (Å²) in [6, 6.07) is 25.7. The molecular formula is C44H46Cl2N4O4S4. The zero-order chi connectivity index (χ0) is 39.3. The molecule has 58 heavy (non-hydrogen) atoms. The molecule has 0 saturated heterocycles. The van der Waals surface area contributed by atoms with E-state index in [0.717, 1.165) is 57.0 Å². The van der Waals surface area contributed by atoms with Gasteiger partial charge in [0.25, 0.3) is 0 Å². The first-order chi connectivity index (χ1) is 27.0. The zero-order valence-corrected chi connectivity index (χ0v) is 37.6. The topological polar surface area (TPSA) is 110 Å². The van der Waals surface area contributed by atoms with E-state index in [-0.39, 0.29) is 37.7 Å². The van der Waals surface area contributed by atoms with Gasteiger partial charge in [-0.05, 0) is 132 Å². The van der Waals surface area contributed by atoms with Gasteiger partial charge >= 0.3 is 11.9 Å². The molecule has 0 spiro atoms. The van der Waals surface area contributed by atoms with E-state index in [0.29, 0.717) is 12.8 Å². The lowest BCUT2D eigenvalue weighted by Gasteiger charge is -2.09. The number of carboxylic acid groups (broad SMARTS) is 2. The molecule has 0 aliphatic carbocycles. The molecule has 2 N–H and O–H groups in total. The van der Waals surface area contributed by atoms with Gasteiger partial charge in [-0.15, -0.1) is 47.5 Å². The predicted molar refractivity (Wildman–Crippen MR) is 250 cm³/mol. The fourth-order valence-electron chi connectivity index (χ4n) is 6.67. The lowest BCUT2D eigenvalue weighted by molar-refractivity contribution is -0.138. The fourth-order valence-corrected chi connectivity index (χ4v) is 10.5. The lowest BCUT2D eigenvalue weighted by Crippen LogP contribution is -2.02. The van der Waals surface area contributed by atoms with E-state index >= 15 is 0 Å². The molecule has 8 nitrogen and oxygen atoms in total. The van der Waals surface area contributed by atoms with E-state index in [1.165, 1.54) is 53.6 Å². The standard InChI is InChI=1S/2C22H22N2O2S2.2ClH/c2*1-14-10-18-19(11-15(14)2)24(22(23-18)27-9-5-8-21(25)26)12-16-13-28-20-7-4-3-6-17(16)20;;/h2*3-4,6-7,10-11,13H,5,8-9,12H2,1-2H3,(H,25,26);2*1H. The largest absolute Gasteiger partial charge is 0.481 e. The number of rotatable bonds is 14. The molecule has 0 fully saturated rings. The molecule has 8 rings (SSSR count). The first-order valence-electron chi connectivity index (χ1n) is 18.6. The summed E-state index contributed by atoms with van der Waals surface area (Å²) in [4.78, 5) is 31.3. The number of benzene rings is 4. The summed E-state index contributed by atoms with van der Waals surface area (Å²) in [5.41, 5.74) is 11.9. The van der Waals surface area contributed by atoms with Gasteiger partial charge in [0.1, 0.15) is 0 Å². The monoisotopic (exact) mass is 892 g/mol. The van der Waals surface area contributed by atoms with Crippen molar-refractivity contribution in [2.75, 3.05) is 11.5 Å². The molecule has 4 aromatic carbocycles. The summed E-state index contributed by atoms with van der Waals surface area (Å²) in [6.45, 7) is 10.0. The Morgan fingerprint density at radius 1 is 0.603 bits per heavy atom. The number of aryl methyl sites for hydroxylation is 4. The van der Waals surface area contributed by atoms with Crippen LogP contribution < -0.4 is 0 Å². The Hall–Kier alpha value is -4.04. The minimum absolute atomic E-state index is 0. The second kappa shape index (κ2) is 20.3. The van der Waals surface area contributed by atoms with E-state index < -0.39 is 11.9 Å². The van der Waals surface area contributed by atoms with E-state index in [1.54, 1.807) is 46.2 Å². The van der Waals surface area contributed by atoms with E-state index in [2.05, 4.69) is 120 Å². The van der Waals surface area contributed by atoms with Crippen molar-refractivity contribution in [3.8, 4) is 0 Å². The average molecular weight is 894 g/mol. The number of carboxylic acids is 2. The first kappa shape index (κ1) is 45.1. The fraction of sp³-hybridized carbons (Fsp3) is 0.273. The minimum atomic E-state index is -0.745. The van der Waals surface area contributed by atoms with Crippen LogP contribution in [0.2, 0.25) is 0 Å². The first-order valence-corrected chi connectivity index (χ1v) is 22.3. The Balaban J connectivity index is 0.000000214. The van der Waals surface area contributed by atoms with Gasteiger partial charge in [0.05, 0.1) is 35.2 Å². The SMILES string of the molecule is Cc1cc2nc(SCCCC(=O)O)n(Cc3csc4ccccc34)c2cc1C.Cc1cc2nc(SCCCC(=O)O)n(Cc3csc4ccccc34)c2cc1C.Cl.Cl. The molecule has 0 amide bonds. The maximum Gasteiger partial charge on any atom is 0.303 e. The van der Waals surface area contributed by atoms with Crippen molar-refractivity contribution in [2.24, 2.45) is 0 Å². The van der Waals surface area contributed by atoms with E-state index in [4.69, 9.17) is 20.2 Å². The van der Waals surface area contributed by atoms with Crippen molar-refractivity contribution in [1.29, 1.82) is 0 Å². The van der Waals surface area contributed by atoms with Crippen molar-refractivity contribution in [1.82, 2.24) is 19.1 Å². The number of nitrogens with zero attached hydrogens (tertiary/aromatic N) is 4. The minimum Gasteiger partial charge on any atom is -0.481 e. The highest BCUT2D eigenvalue weighted by Gasteiger charge is 2.17. The number of hydrogen-bond acceptors (Lipinski definition) is 8. The molecule has 8 aromatic rings. The van der Waals surface area contributed by atoms with Crippen molar-refractivity contribution < 1.29 is 19.8 Å². The summed E-state index contributed by atoms with van der Waals surface area (Å²) in [6.07, 6.45) is 1.67. The molecule has 0 saturated carbocycles. The Bertz CT molecular complexity index is 2520. The number of imidazole rings is 2.